The molecule has 0 aliphatic carbocycles. The highest BCUT2D eigenvalue weighted by molar-refractivity contribution is 6.04. The minimum absolute atomic E-state index is 0. The number of methoxy groups -OCH3 is 1. The SMILES string of the molecule is [2H]Oc1ccc([C@@H]2[C@@H]([C@@H](C)C[C@H](OC)c3ccc(F)c(C)c3C)C(=O)N2c2ccc(F)cc2C)c(C)c1.[HH].[HH].[HH].[HH].[HH].[HH].[HH].[HH].[HH].[HH].[HH].[HH].[HH].[HH].[HH].[HH].[HH].[HH].[HH].[HH].[HH].[HH].[HH].[HH].[HH].[HH].[HH].[HH].[HH].[HH].[HH].[HH].[HH].[HH].[HH].[HH].[HH].[HH].[HH].[HH].[HH].[HH].[HH].[HH].[HH].[HH].[HH].[HH].[HH].[HH].[HH].[HH].[HH].[HH].[HH].[HH].[HH].[HH].[HH].[HH].[HH].[HH].[HH].[HH].[HH].[HH].[HH].[HH].[HH].[HH].[HH].[HH].[HH]. The zero-order valence-corrected chi connectivity index (χ0v) is 21.6. The molecule has 3 aromatic carbocycles. The van der Waals surface area contributed by atoms with Crippen molar-refractivity contribution >= 4 is 11.6 Å². The summed E-state index contributed by atoms with van der Waals surface area (Å²) in [5, 5.41) is 4.65. The fourth-order valence-electron chi connectivity index (χ4n) is 5.53. The smallest absolute Gasteiger partial charge is 0.293 e. The monoisotopic (exact) mass is 641 g/mol. The molecule has 1 amide bonds. The first kappa shape index (κ1) is 24.4. The number of carbonyl (C=O) groups is 1. The van der Waals surface area contributed by atoms with Crippen LogP contribution in [-0.2, 0) is 9.53 Å². The Bertz CT molecular complexity index is 1420. The lowest BCUT2D eigenvalue weighted by molar-refractivity contribution is -0.133. The third-order valence-electron chi connectivity index (χ3n) is 7.71. The van der Waals surface area contributed by atoms with Crippen molar-refractivity contribution < 1.29 is 128 Å². The maximum absolute atomic E-state index is 14.1. The molecule has 4 nitrogen and oxygen atoms in total. The average molecular weight is 642 g/mol. The van der Waals surface area contributed by atoms with E-state index in [-0.39, 0.29) is 146 Å². The summed E-state index contributed by atoms with van der Waals surface area (Å²) in [6, 6.07) is 12.8. The van der Waals surface area contributed by atoms with Gasteiger partial charge in [0.1, 0.15) is 17.4 Å². The second-order valence-electron chi connectivity index (χ2n) is 9.95. The maximum Gasteiger partial charge on any atom is 0.293 e. The van der Waals surface area contributed by atoms with Gasteiger partial charge in [0.2, 0.25) is 5.91 Å². The van der Waals surface area contributed by atoms with E-state index < -0.39 is 0 Å². The molecule has 0 aromatic heterocycles. The molecule has 0 unspecified atom stereocenters. The van der Waals surface area contributed by atoms with E-state index in [0.717, 1.165) is 22.3 Å². The van der Waals surface area contributed by atoms with Gasteiger partial charge in [0, 0.05) is 117 Å². The Morgan fingerprint density at radius 1 is 1.06 bits per heavy atom. The van der Waals surface area contributed by atoms with Crippen molar-refractivity contribution in [3.8, 4) is 5.75 Å². The summed E-state index contributed by atoms with van der Waals surface area (Å²) in [6.07, 6.45) is 0.267. The summed E-state index contributed by atoms with van der Waals surface area (Å²) < 4.78 is 41.0. The van der Waals surface area contributed by atoms with E-state index >= 15 is 0 Å². The Morgan fingerprint density at radius 3 is 2.44 bits per heavy atom. The van der Waals surface area contributed by atoms with E-state index in [4.69, 9.17) is 6.17 Å². The number of rotatable bonds is 8. The van der Waals surface area contributed by atoms with Crippen LogP contribution in [0.4, 0.5) is 14.5 Å². The quantitative estimate of drug-likeness (QED) is 0.249. The van der Waals surface area contributed by atoms with Gasteiger partial charge in [0.15, 0.2) is 0 Å². The molecule has 36 heavy (non-hydrogen) atoms. The van der Waals surface area contributed by atoms with Crippen LogP contribution >= 0.6 is 0 Å². The molecule has 0 spiro atoms. The first-order valence-corrected chi connectivity index (χ1v) is 12.2. The standard InChI is InChI=1S/C30H33F2NO3.73H2/c1-16-14-22(34)8-9-23(16)29-28(30(35)33(29)26-12-7-21(31)13-17(26)2)18(3)15-27(36-6)24-10-11-25(32)20(5)19(24)4;;;;;;;;;;;;;;;;;;;;;;;;;;;;;;;;;;;;;;;;;;;;;;;;;;;;;;;;;;;;;;;;;;;;;;;;;/h7-14,18,27-29,34H,15H2,1-6H3;73*1H/t18-,27-,28+,29+;;;;;;;;;;;;;;;;;;;;;;;;;;;;;;;;;;;;;;;;;;;;;;;;;;;;;;;;;;;;;;;;;;;;;;;;;/m0........................................................................./s1/i/hD. The van der Waals surface area contributed by atoms with Crippen molar-refractivity contribution in [1.29, 1.82) is 1.43 Å². The summed E-state index contributed by atoms with van der Waals surface area (Å²) in [4.78, 5) is 15.5. The fourth-order valence-corrected chi connectivity index (χ4v) is 5.53. The predicted octanol–water partition coefficient (Wildman–Crippen LogP) is 25.0. The molecule has 6 heteroatoms. The highest BCUT2D eigenvalue weighted by atomic mass is 19.1. The molecular weight excluding hydrogens is 460 g/mol. The highest BCUT2D eigenvalue weighted by Gasteiger charge is 2.52. The van der Waals surface area contributed by atoms with Crippen molar-refractivity contribution in [3.63, 3.8) is 0 Å². The van der Waals surface area contributed by atoms with Crippen LogP contribution in [0, 0.1) is 51.2 Å². The Labute approximate surface area is 321 Å². The van der Waals surface area contributed by atoms with Gasteiger partial charge < -0.3 is 14.7 Å². The lowest BCUT2D eigenvalue weighted by Crippen LogP contribution is -2.58. The number of phenols is 1. The van der Waals surface area contributed by atoms with E-state index in [2.05, 4.69) is 5.11 Å². The Hall–Kier alpha value is -3.25. The van der Waals surface area contributed by atoms with Crippen LogP contribution in [-0.4, -0.2) is 19.6 Å². The van der Waals surface area contributed by atoms with Crippen molar-refractivity contribution in [1.82, 2.24) is 0 Å². The molecule has 1 heterocycles. The summed E-state index contributed by atoms with van der Waals surface area (Å²) >= 11 is 0. The zero-order valence-electron chi connectivity index (χ0n) is 22.6. The van der Waals surface area contributed by atoms with Gasteiger partial charge >= 0.3 is 0 Å². The molecule has 1 N–H and O–H groups in total. The molecule has 1 aliphatic heterocycles. The van der Waals surface area contributed by atoms with Crippen LogP contribution in [0.3, 0.4) is 0 Å². The van der Waals surface area contributed by atoms with Crippen molar-refractivity contribution in [2.75, 3.05) is 12.0 Å². The van der Waals surface area contributed by atoms with Crippen molar-refractivity contribution in [3.05, 3.63) is 93.5 Å². The van der Waals surface area contributed by atoms with E-state index in [9.17, 15) is 13.6 Å². The third-order valence-corrected chi connectivity index (χ3v) is 7.71. The van der Waals surface area contributed by atoms with Gasteiger partial charge in [0.05, 0.1) is 18.1 Å². The van der Waals surface area contributed by atoms with Gasteiger partial charge in [0.25, 0.3) is 1.43 Å². The number of hydrogen-bond acceptors (Lipinski definition) is 3. The van der Waals surface area contributed by atoms with Crippen LogP contribution in [0.15, 0.2) is 48.5 Å². The first-order valence-electron chi connectivity index (χ1n) is 12.6. The molecule has 1 saturated heterocycles. The van der Waals surface area contributed by atoms with Gasteiger partial charge in [-0.1, -0.05) is 19.1 Å². The third kappa shape index (κ3) is 4.50. The second-order valence-corrected chi connectivity index (χ2v) is 9.95. The second kappa shape index (κ2) is 10.0. The largest absolute Gasteiger partial charge is 0.508 e. The average Bonchev–Trinajstić information content (AvgIpc) is 2.86. The molecular formula is C30H179F2NO3. The molecule has 0 bridgehead atoms. The maximum atomic E-state index is 14.1. The number of halogens is 2. The van der Waals surface area contributed by atoms with Crippen LogP contribution in [0.25, 0.3) is 0 Å². The van der Waals surface area contributed by atoms with Crippen LogP contribution in [0.5, 0.6) is 5.75 Å². The summed E-state index contributed by atoms with van der Waals surface area (Å²) in [7, 11) is 1.63. The molecule has 4 rings (SSSR count). The van der Waals surface area contributed by atoms with Crippen LogP contribution < -0.4 is 4.90 Å². The number of nitrogens with zero attached hydrogens (tertiary/aromatic N) is 1. The fraction of sp³-hybridized carbons (Fsp3) is 0.367. The summed E-state index contributed by atoms with van der Waals surface area (Å²) in [5.74, 6) is -0.631. The zero-order chi connectivity index (χ0) is 27.0. The normalized spacial score (nSPS) is 19.5. The van der Waals surface area contributed by atoms with Gasteiger partial charge in [-0.15, -0.1) is 0 Å². The van der Waals surface area contributed by atoms with E-state index in [1.54, 1.807) is 50.1 Å². The van der Waals surface area contributed by atoms with E-state index in [1.807, 2.05) is 26.8 Å². The van der Waals surface area contributed by atoms with E-state index in [1.165, 1.54) is 18.2 Å². The summed E-state index contributed by atoms with van der Waals surface area (Å²) in [6.45, 7) is 9.41. The topological polar surface area (TPSA) is 49.8 Å². The molecule has 1 fully saturated rings. The number of anilines is 1. The number of aryl methyl sites for hydroxylation is 2. The van der Waals surface area contributed by atoms with Gasteiger partial charge in [-0.25, -0.2) is 8.78 Å². The number of benzene rings is 3. The first-order chi connectivity index (χ1) is 17.6. The lowest BCUT2D eigenvalue weighted by Gasteiger charge is -2.51. The molecule has 4 atom stereocenters. The molecule has 1 aliphatic rings. The minimum Gasteiger partial charge on any atom is -0.508 e. The Kier molecular flexibility index (Phi) is 6.80. The molecule has 0 saturated carbocycles. The number of amides is 1. The molecule has 336 valence electrons. The van der Waals surface area contributed by atoms with Gasteiger partial charge in [-0.2, -0.15) is 0 Å². The van der Waals surface area contributed by atoms with Crippen LogP contribution in [0.1, 0.15) is 163 Å². The minimum atomic E-state index is -0.350. The number of aromatic hydroxyl groups is 1. The van der Waals surface area contributed by atoms with Crippen molar-refractivity contribution in [2.24, 2.45) is 11.8 Å². The number of phenolic OH excluding ortho intramolecular Hbond substituents is 1. The Balaban J connectivity index is -0.00000000322. The lowest BCUT2D eigenvalue weighted by atomic mass is 9.71. The number of carbonyl (C=O) groups excluding carboxylic acids is 1. The predicted molar refractivity (Wildman–Crippen MR) is 291 cm³/mol. The van der Waals surface area contributed by atoms with Crippen molar-refractivity contribution in [2.45, 2.75) is 53.2 Å². The number of ether oxygens (including phenoxy) is 1. The number of hydrogen-bond donors (Lipinski definition) is 1. The van der Waals surface area contributed by atoms with Crippen LogP contribution in [0.2, 0.25) is 0 Å². The van der Waals surface area contributed by atoms with Gasteiger partial charge in [-0.05, 0) is 110 Å². The molecule has 3 aromatic rings. The molecule has 0 radical (unpaired) electrons. The highest BCUT2D eigenvalue weighted by Crippen LogP contribution is 2.50. The number of β-lactam (4-membered cyclic amide) rings is 1. The summed E-state index contributed by atoms with van der Waals surface area (Å²) in [5.41, 5.74) is 5.56. The van der Waals surface area contributed by atoms with Gasteiger partial charge in [-0.3, -0.25) is 4.79 Å². The van der Waals surface area contributed by atoms with E-state index in [0.29, 0.717) is 29.0 Å². The Morgan fingerprint density at radius 2 is 1.81 bits per heavy atom.